The number of halogens is 2. The molecule has 1 unspecified atom stereocenters. The molecule has 0 bridgehead atoms. The van der Waals surface area contributed by atoms with Crippen LogP contribution in [0.15, 0.2) is 65.8 Å². The third kappa shape index (κ3) is 4.45. The van der Waals surface area contributed by atoms with Gasteiger partial charge in [0.2, 0.25) is 0 Å². The number of aromatic amines is 1. The van der Waals surface area contributed by atoms with Crippen molar-refractivity contribution in [3.8, 4) is 28.1 Å². The van der Waals surface area contributed by atoms with E-state index in [-0.39, 0.29) is 11.6 Å². The van der Waals surface area contributed by atoms with E-state index < -0.39 is 6.09 Å². The van der Waals surface area contributed by atoms with Gasteiger partial charge in [-0.1, -0.05) is 23.2 Å². The molecule has 6 rings (SSSR count). The Labute approximate surface area is 231 Å². The minimum atomic E-state index is -1.09. The van der Waals surface area contributed by atoms with Gasteiger partial charge < -0.3 is 14.7 Å². The quantitative estimate of drug-likeness (QED) is 0.313. The minimum Gasteiger partial charge on any atom is -0.465 e. The number of amides is 1. The molecule has 0 spiro atoms. The first kappa shape index (κ1) is 24.8. The monoisotopic (exact) mass is 562 g/mol. The second kappa shape index (κ2) is 9.68. The summed E-state index contributed by atoms with van der Waals surface area (Å²) >= 11 is 12.8. The van der Waals surface area contributed by atoms with Crippen LogP contribution < -0.4 is 10.5 Å². The lowest BCUT2D eigenvalue weighted by Gasteiger charge is -2.15. The van der Waals surface area contributed by atoms with Gasteiger partial charge in [-0.3, -0.25) is 9.69 Å². The minimum absolute atomic E-state index is 0.162. The van der Waals surface area contributed by atoms with Gasteiger partial charge in [-0.05, 0) is 71.3 Å². The van der Waals surface area contributed by atoms with E-state index >= 15 is 0 Å². The first-order chi connectivity index (χ1) is 18.8. The third-order valence-electron chi connectivity index (χ3n) is 6.83. The molecule has 11 nitrogen and oxygen atoms in total. The van der Waals surface area contributed by atoms with E-state index in [4.69, 9.17) is 23.2 Å². The topological polar surface area (TPSA) is 135 Å². The van der Waals surface area contributed by atoms with Gasteiger partial charge in [0.15, 0.2) is 0 Å². The van der Waals surface area contributed by atoms with Crippen molar-refractivity contribution in [3.63, 3.8) is 0 Å². The van der Waals surface area contributed by atoms with Crippen LogP contribution in [-0.4, -0.2) is 53.0 Å². The van der Waals surface area contributed by atoms with Crippen molar-refractivity contribution in [1.82, 2.24) is 34.7 Å². The van der Waals surface area contributed by atoms with Gasteiger partial charge >= 0.3 is 6.09 Å². The van der Waals surface area contributed by atoms with Crippen LogP contribution in [0.2, 0.25) is 10.0 Å². The Morgan fingerprint density at radius 3 is 2.72 bits per heavy atom. The van der Waals surface area contributed by atoms with Gasteiger partial charge in [0, 0.05) is 40.6 Å². The number of fused-ring (bicyclic) bond motifs is 1. The summed E-state index contributed by atoms with van der Waals surface area (Å²) in [6, 6.07) is 13.6. The van der Waals surface area contributed by atoms with Gasteiger partial charge in [-0.25, -0.2) is 9.78 Å². The highest BCUT2D eigenvalue weighted by molar-refractivity contribution is 6.33. The molecule has 196 valence electrons. The van der Waals surface area contributed by atoms with Gasteiger partial charge in [-0.2, -0.15) is 4.68 Å². The molecule has 1 atom stereocenters. The van der Waals surface area contributed by atoms with Crippen molar-refractivity contribution in [1.29, 1.82) is 0 Å². The molecule has 5 aromatic rings. The van der Waals surface area contributed by atoms with Crippen molar-refractivity contribution in [3.05, 3.63) is 93.0 Å². The van der Waals surface area contributed by atoms with E-state index in [0.717, 1.165) is 21.7 Å². The highest BCUT2D eigenvalue weighted by Gasteiger charge is 2.28. The van der Waals surface area contributed by atoms with Crippen LogP contribution in [0, 0.1) is 0 Å². The average Bonchev–Trinajstić information content (AvgIpc) is 3.69. The summed E-state index contributed by atoms with van der Waals surface area (Å²) in [5, 5.41) is 21.5. The van der Waals surface area contributed by atoms with Crippen LogP contribution in [0.5, 0.6) is 0 Å². The fraction of sp³-hybridized carbons (Fsp3) is 0.154. The Hall–Kier alpha value is -4.48. The van der Waals surface area contributed by atoms with E-state index in [0.29, 0.717) is 51.3 Å². The lowest BCUT2D eigenvalue weighted by molar-refractivity contribution is 0.203. The zero-order valence-corrected chi connectivity index (χ0v) is 21.9. The number of rotatable bonds is 5. The third-order valence-corrected chi connectivity index (χ3v) is 7.37. The number of benzene rings is 2. The van der Waals surface area contributed by atoms with Gasteiger partial charge in [0.05, 0.1) is 28.6 Å². The van der Waals surface area contributed by atoms with Crippen LogP contribution in [0.1, 0.15) is 24.0 Å². The number of anilines is 1. The number of nitrogens with one attached hydrogen (secondary N) is 1. The van der Waals surface area contributed by atoms with Crippen molar-refractivity contribution in [2.45, 2.75) is 18.9 Å². The number of carbonyl (C=O) groups is 1. The van der Waals surface area contributed by atoms with E-state index in [1.165, 1.54) is 18.1 Å². The Morgan fingerprint density at radius 1 is 1.13 bits per heavy atom. The number of nitrogens with zero attached hydrogens (tertiary/aromatic N) is 7. The molecule has 0 saturated heterocycles. The Balaban J connectivity index is 1.34. The molecule has 0 radical (unpaired) electrons. The molecule has 4 heterocycles. The largest absolute Gasteiger partial charge is 0.465 e. The molecular weight excluding hydrogens is 543 g/mol. The van der Waals surface area contributed by atoms with E-state index in [2.05, 4.69) is 25.5 Å². The highest BCUT2D eigenvalue weighted by Crippen LogP contribution is 2.36. The van der Waals surface area contributed by atoms with Crippen molar-refractivity contribution in [2.24, 2.45) is 0 Å². The number of hydrogen-bond acceptors (Lipinski definition) is 6. The predicted molar refractivity (Wildman–Crippen MR) is 146 cm³/mol. The summed E-state index contributed by atoms with van der Waals surface area (Å²) in [7, 11) is 1.45. The van der Waals surface area contributed by atoms with E-state index in [1.54, 1.807) is 47.2 Å². The molecule has 2 N–H and O–H groups in total. The predicted octanol–water partition coefficient (Wildman–Crippen LogP) is 4.84. The van der Waals surface area contributed by atoms with Gasteiger partial charge in [-0.15, -0.1) is 5.10 Å². The van der Waals surface area contributed by atoms with Crippen LogP contribution >= 0.6 is 23.2 Å². The second-order valence-electron chi connectivity index (χ2n) is 9.10. The molecular formula is C26H20Cl2N8O3. The summed E-state index contributed by atoms with van der Waals surface area (Å²) in [5.74, 6) is 0.638. The Bertz CT molecular complexity index is 1780. The number of hydrogen-bond donors (Lipinski definition) is 2. The fourth-order valence-corrected chi connectivity index (χ4v) is 5.35. The van der Waals surface area contributed by atoms with Gasteiger partial charge in [0.1, 0.15) is 12.2 Å². The highest BCUT2D eigenvalue weighted by atomic mass is 35.5. The van der Waals surface area contributed by atoms with Crippen LogP contribution in [0.25, 0.3) is 28.1 Å². The molecule has 1 aliphatic heterocycles. The zero-order chi connectivity index (χ0) is 27.3. The number of carboxylic acid groups (broad SMARTS) is 1. The number of H-pyrrole nitrogens is 1. The molecule has 13 heteroatoms. The summed E-state index contributed by atoms with van der Waals surface area (Å²) in [5.41, 5.74) is 4.68. The number of pyridine rings is 1. The van der Waals surface area contributed by atoms with E-state index in [1.807, 2.05) is 12.1 Å². The average molecular weight is 563 g/mol. The second-order valence-corrected chi connectivity index (χ2v) is 9.95. The summed E-state index contributed by atoms with van der Waals surface area (Å²) < 4.78 is 3.28. The normalized spacial score (nSPS) is 14.4. The number of imidazole rings is 1. The number of aromatic nitrogens is 7. The number of aryl methyl sites for hydroxylation is 1. The van der Waals surface area contributed by atoms with Crippen LogP contribution in [-0.2, 0) is 6.42 Å². The van der Waals surface area contributed by atoms with Crippen molar-refractivity contribution in [2.75, 3.05) is 11.9 Å². The SMILES string of the molecule is CN(C(=O)O)c1ccc(-c2cnc(C3CCc4cc(-c5cc(Cl)ccc5-n5cnnn5)cc(=O)n43)[nH]2)c(Cl)c1. The zero-order valence-electron chi connectivity index (χ0n) is 20.4. The van der Waals surface area contributed by atoms with Crippen LogP contribution in [0.4, 0.5) is 10.5 Å². The maximum atomic E-state index is 13.4. The molecule has 1 amide bonds. The first-order valence-electron chi connectivity index (χ1n) is 11.9. The smallest absolute Gasteiger partial charge is 0.411 e. The molecule has 0 aliphatic carbocycles. The van der Waals surface area contributed by atoms with Crippen molar-refractivity contribution >= 4 is 35.0 Å². The molecule has 3 aromatic heterocycles. The molecule has 0 fully saturated rings. The molecule has 39 heavy (non-hydrogen) atoms. The lowest BCUT2D eigenvalue weighted by atomic mass is 10.0. The molecule has 2 aromatic carbocycles. The summed E-state index contributed by atoms with van der Waals surface area (Å²) in [6.07, 6.45) is 3.44. The summed E-state index contributed by atoms with van der Waals surface area (Å²) in [4.78, 5) is 33.6. The van der Waals surface area contributed by atoms with Crippen LogP contribution in [0.3, 0.4) is 0 Å². The Morgan fingerprint density at radius 2 is 1.97 bits per heavy atom. The first-order valence-corrected chi connectivity index (χ1v) is 12.7. The summed E-state index contributed by atoms with van der Waals surface area (Å²) in [6.45, 7) is 0. The number of tetrazole rings is 1. The van der Waals surface area contributed by atoms with E-state index in [9.17, 15) is 14.7 Å². The lowest BCUT2D eigenvalue weighted by Crippen LogP contribution is -2.24. The standard InChI is InChI=1S/C26H20Cl2N8O3/c1-34(26(38)39)16-3-5-18(20(28)11-16)21-12-29-25(31-21)23-7-4-17-8-14(9-24(37)36(17)23)19-10-15(27)2-6-22(19)35-13-30-32-33-35/h2-3,5-6,8-13,23H,4,7H2,1H3,(H,29,31)(H,38,39). The maximum Gasteiger partial charge on any atom is 0.411 e. The fourth-order valence-electron chi connectivity index (χ4n) is 4.90. The Kier molecular flexibility index (Phi) is 6.16. The molecule has 0 saturated carbocycles. The molecule has 1 aliphatic rings. The van der Waals surface area contributed by atoms with Gasteiger partial charge in [0.25, 0.3) is 5.56 Å². The van der Waals surface area contributed by atoms with Crippen molar-refractivity contribution < 1.29 is 9.90 Å². The maximum absolute atomic E-state index is 13.4.